The van der Waals surface area contributed by atoms with Gasteiger partial charge in [-0.25, -0.2) is 0 Å². The van der Waals surface area contributed by atoms with E-state index < -0.39 is 0 Å². The summed E-state index contributed by atoms with van der Waals surface area (Å²) in [4.78, 5) is 13.8. The first kappa shape index (κ1) is 11.0. The zero-order chi connectivity index (χ0) is 10.6. The fourth-order valence-corrected chi connectivity index (χ4v) is 1.70. The second kappa shape index (κ2) is 4.97. The van der Waals surface area contributed by atoms with Crippen LogP contribution in [0.3, 0.4) is 0 Å². The van der Waals surface area contributed by atoms with E-state index in [-0.39, 0.29) is 5.91 Å². The fraction of sp³-hybridized carbons (Fsp3) is 0.444. The molecule has 0 aliphatic carbocycles. The van der Waals surface area contributed by atoms with Gasteiger partial charge < -0.3 is 16.0 Å². The van der Waals surface area contributed by atoms with Crippen LogP contribution in [0.2, 0.25) is 0 Å². The summed E-state index contributed by atoms with van der Waals surface area (Å²) >= 11 is 1.60. The first-order chi connectivity index (χ1) is 6.61. The number of nitrogens with two attached hydrogens (primary N) is 1. The van der Waals surface area contributed by atoms with Crippen molar-refractivity contribution in [1.82, 2.24) is 10.2 Å². The number of hydrogen-bond acceptors (Lipinski definition) is 4. The van der Waals surface area contributed by atoms with E-state index in [1.54, 1.807) is 30.3 Å². The van der Waals surface area contributed by atoms with Crippen LogP contribution in [0.4, 0.5) is 5.69 Å². The van der Waals surface area contributed by atoms with Gasteiger partial charge in [0.1, 0.15) is 0 Å². The van der Waals surface area contributed by atoms with Crippen molar-refractivity contribution >= 4 is 22.9 Å². The molecule has 1 heterocycles. The molecule has 0 radical (unpaired) electrons. The first-order valence-corrected chi connectivity index (χ1v) is 5.22. The van der Waals surface area contributed by atoms with Crippen LogP contribution < -0.4 is 11.1 Å². The minimum Gasteiger partial charge on any atom is -0.398 e. The molecule has 14 heavy (non-hydrogen) atoms. The van der Waals surface area contributed by atoms with Gasteiger partial charge in [0, 0.05) is 31.2 Å². The maximum Gasteiger partial charge on any atom is 0.236 e. The molecule has 1 aromatic heterocycles. The molecular formula is C9H15N3OS. The Balaban J connectivity index is 2.29. The van der Waals surface area contributed by atoms with E-state index in [0.29, 0.717) is 13.1 Å². The van der Waals surface area contributed by atoms with Crippen LogP contribution in [0.15, 0.2) is 11.4 Å². The lowest BCUT2D eigenvalue weighted by Gasteiger charge is -2.10. The second-order valence-electron chi connectivity index (χ2n) is 3.19. The average Bonchev–Trinajstić information content (AvgIpc) is 2.51. The van der Waals surface area contributed by atoms with Crippen LogP contribution in [-0.2, 0) is 11.3 Å². The maximum atomic E-state index is 11.2. The average molecular weight is 213 g/mol. The molecule has 0 aliphatic heterocycles. The van der Waals surface area contributed by atoms with Gasteiger partial charge in [0.15, 0.2) is 0 Å². The Labute approximate surface area is 87.7 Å². The minimum atomic E-state index is 0.0696. The number of likely N-dealkylation sites (N-methyl/N-ethyl adjacent to an activating group) is 1. The molecule has 0 saturated carbocycles. The monoisotopic (exact) mass is 213 g/mol. The van der Waals surface area contributed by atoms with Crippen molar-refractivity contribution in [2.45, 2.75) is 6.54 Å². The van der Waals surface area contributed by atoms with Crippen LogP contribution in [0.5, 0.6) is 0 Å². The predicted molar refractivity (Wildman–Crippen MR) is 59.1 cm³/mol. The lowest BCUT2D eigenvalue weighted by Crippen LogP contribution is -2.32. The summed E-state index contributed by atoms with van der Waals surface area (Å²) in [6.45, 7) is 1.01. The van der Waals surface area contributed by atoms with Crippen molar-refractivity contribution in [2.24, 2.45) is 0 Å². The van der Waals surface area contributed by atoms with Crippen LogP contribution in [-0.4, -0.2) is 31.4 Å². The Morgan fingerprint density at radius 3 is 2.86 bits per heavy atom. The maximum absolute atomic E-state index is 11.2. The zero-order valence-electron chi connectivity index (χ0n) is 8.41. The first-order valence-electron chi connectivity index (χ1n) is 4.34. The standard InChI is InChI=1S/C9H15N3OS/c1-12(2)9(13)6-11-5-8-7(10)3-4-14-8/h3-4,11H,5-6,10H2,1-2H3. The highest BCUT2D eigenvalue weighted by Crippen LogP contribution is 2.17. The van der Waals surface area contributed by atoms with E-state index >= 15 is 0 Å². The van der Waals surface area contributed by atoms with E-state index in [4.69, 9.17) is 5.73 Å². The number of anilines is 1. The van der Waals surface area contributed by atoms with Crippen molar-refractivity contribution in [3.05, 3.63) is 16.3 Å². The second-order valence-corrected chi connectivity index (χ2v) is 4.19. The van der Waals surface area contributed by atoms with Gasteiger partial charge in [-0.2, -0.15) is 0 Å². The number of nitrogens with zero attached hydrogens (tertiary/aromatic N) is 1. The number of rotatable bonds is 4. The van der Waals surface area contributed by atoms with Crippen molar-refractivity contribution in [3.63, 3.8) is 0 Å². The molecule has 0 atom stereocenters. The molecule has 5 heteroatoms. The third kappa shape index (κ3) is 3.01. The molecule has 0 aromatic carbocycles. The topological polar surface area (TPSA) is 58.4 Å². The summed E-state index contributed by atoms with van der Waals surface area (Å²) in [5.74, 6) is 0.0696. The number of amides is 1. The molecule has 3 N–H and O–H groups in total. The molecule has 0 aliphatic rings. The van der Waals surface area contributed by atoms with E-state index in [2.05, 4.69) is 5.32 Å². The normalized spacial score (nSPS) is 10.1. The summed E-state index contributed by atoms with van der Waals surface area (Å²) in [6.07, 6.45) is 0. The number of carbonyl (C=O) groups excluding carboxylic acids is 1. The van der Waals surface area contributed by atoms with E-state index in [1.165, 1.54) is 0 Å². The molecular weight excluding hydrogens is 198 g/mol. The Morgan fingerprint density at radius 1 is 1.64 bits per heavy atom. The van der Waals surface area contributed by atoms with Gasteiger partial charge in [-0.15, -0.1) is 11.3 Å². The van der Waals surface area contributed by atoms with Gasteiger partial charge in [0.05, 0.1) is 6.54 Å². The predicted octanol–water partition coefficient (Wildman–Crippen LogP) is 0.508. The van der Waals surface area contributed by atoms with Crippen LogP contribution in [0.1, 0.15) is 4.88 Å². The van der Waals surface area contributed by atoms with Crippen molar-refractivity contribution < 1.29 is 4.79 Å². The number of nitrogens with one attached hydrogen (secondary N) is 1. The molecule has 0 saturated heterocycles. The highest BCUT2D eigenvalue weighted by molar-refractivity contribution is 7.10. The van der Waals surface area contributed by atoms with Gasteiger partial charge in [0.2, 0.25) is 5.91 Å². The zero-order valence-corrected chi connectivity index (χ0v) is 9.23. The van der Waals surface area contributed by atoms with E-state index in [9.17, 15) is 4.79 Å². The molecule has 1 amide bonds. The number of thiophene rings is 1. The highest BCUT2D eigenvalue weighted by atomic mass is 32.1. The van der Waals surface area contributed by atoms with Gasteiger partial charge >= 0.3 is 0 Å². The van der Waals surface area contributed by atoms with Crippen LogP contribution >= 0.6 is 11.3 Å². The number of hydrogen-bond donors (Lipinski definition) is 2. The third-order valence-corrected chi connectivity index (χ3v) is 2.78. The van der Waals surface area contributed by atoms with Crippen molar-refractivity contribution in [2.75, 3.05) is 26.4 Å². The van der Waals surface area contributed by atoms with Crippen LogP contribution in [0, 0.1) is 0 Å². The van der Waals surface area contributed by atoms with Crippen molar-refractivity contribution in [1.29, 1.82) is 0 Å². The lowest BCUT2D eigenvalue weighted by molar-refractivity contribution is -0.127. The quantitative estimate of drug-likeness (QED) is 0.766. The summed E-state index contributed by atoms with van der Waals surface area (Å²) in [7, 11) is 3.48. The van der Waals surface area contributed by atoms with Crippen LogP contribution in [0.25, 0.3) is 0 Å². The molecule has 0 bridgehead atoms. The largest absolute Gasteiger partial charge is 0.398 e. The number of nitrogen functional groups attached to an aromatic ring is 1. The van der Waals surface area contributed by atoms with Crippen molar-refractivity contribution in [3.8, 4) is 0 Å². The summed E-state index contributed by atoms with van der Waals surface area (Å²) < 4.78 is 0. The van der Waals surface area contributed by atoms with E-state index in [1.807, 2.05) is 11.4 Å². The third-order valence-electron chi connectivity index (χ3n) is 1.84. The smallest absolute Gasteiger partial charge is 0.236 e. The Morgan fingerprint density at radius 2 is 2.36 bits per heavy atom. The SMILES string of the molecule is CN(C)C(=O)CNCc1sccc1N. The molecule has 1 rings (SSSR count). The molecule has 0 fully saturated rings. The lowest BCUT2D eigenvalue weighted by atomic mass is 10.4. The van der Waals surface area contributed by atoms with Gasteiger partial charge in [-0.05, 0) is 11.4 Å². The molecule has 1 aromatic rings. The molecule has 0 unspecified atom stereocenters. The summed E-state index contributed by atoms with van der Waals surface area (Å²) in [6, 6.07) is 1.87. The molecule has 0 spiro atoms. The Bertz CT molecular complexity index is 309. The number of carbonyl (C=O) groups is 1. The van der Waals surface area contributed by atoms with Gasteiger partial charge in [-0.3, -0.25) is 4.79 Å². The highest BCUT2D eigenvalue weighted by Gasteiger charge is 2.04. The minimum absolute atomic E-state index is 0.0696. The van der Waals surface area contributed by atoms with E-state index in [0.717, 1.165) is 10.6 Å². The van der Waals surface area contributed by atoms with Gasteiger partial charge in [-0.1, -0.05) is 0 Å². The Kier molecular flexibility index (Phi) is 3.91. The van der Waals surface area contributed by atoms with Gasteiger partial charge in [0.25, 0.3) is 0 Å². The summed E-state index contributed by atoms with van der Waals surface area (Å²) in [5.41, 5.74) is 6.48. The molecule has 4 nitrogen and oxygen atoms in total. The molecule has 78 valence electrons. The Hall–Kier alpha value is -1.07. The summed E-state index contributed by atoms with van der Waals surface area (Å²) in [5, 5.41) is 4.99. The fourth-order valence-electron chi connectivity index (χ4n) is 0.935.